The van der Waals surface area contributed by atoms with Crippen LogP contribution in [0.25, 0.3) is 11.0 Å². The van der Waals surface area contributed by atoms with Gasteiger partial charge in [-0.05, 0) is 36.8 Å². The molecule has 0 aliphatic heterocycles. The number of aromatic amines is 1. The van der Waals surface area contributed by atoms with E-state index in [2.05, 4.69) is 29.9 Å². The smallest absolute Gasteiger partial charge is 0.166 e. The topological polar surface area (TPSA) is 54.7 Å². The quantitative estimate of drug-likeness (QED) is 0.881. The molecule has 1 aliphatic rings. The molecule has 1 aromatic heterocycles. The molecule has 102 valence electrons. The number of hydrogen-bond donors (Lipinski definition) is 2. The van der Waals surface area contributed by atoms with Crippen LogP contribution in [-0.2, 0) is 0 Å². The maximum atomic E-state index is 6.28. The second kappa shape index (κ2) is 4.84. The second-order valence-electron chi connectivity index (χ2n) is 6.29. The number of nitrogens with one attached hydrogen (secondary N) is 1. The van der Waals surface area contributed by atoms with Gasteiger partial charge in [-0.3, -0.25) is 0 Å². The Morgan fingerprint density at radius 1 is 1.37 bits per heavy atom. The molecule has 2 atom stereocenters. The zero-order valence-corrected chi connectivity index (χ0v) is 12.3. The lowest BCUT2D eigenvalue weighted by Crippen LogP contribution is -2.41. The third-order valence-corrected chi connectivity index (χ3v) is 5.25. The van der Waals surface area contributed by atoms with Crippen LogP contribution in [-0.4, -0.2) is 21.3 Å². The van der Waals surface area contributed by atoms with Crippen LogP contribution >= 0.6 is 11.8 Å². The Morgan fingerprint density at radius 3 is 2.95 bits per heavy atom. The molecule has 3 rings (SSSR count). The van der Waals surface area contributed by atoms with Crippen molar-refractivity contribution in [3.8, 4) is 0 Å². The average Bonchev–Trinajstić information content (AvgIpc) is 2.76. The number of imidazole rings is 1. The minimum Gasteiger partial charge on any atom is -0.333 e. The van der Waals surface area contributed by atoms with Gasteiger partial charge in [-0.25, -0.2) is 4.98 Å². The molecule has 0 bridgehead atoms. The summed E-state index contributed by atoms with van der Waals surface area (Å²) in [6.07, 6.45) is 3.51. The van der Waals surface area contributed by atoms with Gasteiger partial charge < -0.3 is 10.7 Å². The molecular formula is C15H21N3S. The number of nitrogens with zero attached hydrogens (tertiary/aromatic N) is 1. The lowest BCUT2D eigenvalue weighted by atomic mass is 9.75. The van der Waals surface area contributed by atoms with Crippen LogP contribution in [0.4, 0.5) is 0 Å². The molecule has 1 aliphatic carbocycles. The van der Waals surface area contributed by atoms with Crippen molar-refractivity contribution in [3.05, 3.63) is 24.3 Å². The van der Waals surface area contributed by atoms with Crippen LogP contribution in [0.1, 0.15) is 33.1 Å². The molecule has 1 aromatic carbocycles. The molecule has 2 aromatic rings. The van der Waals surface area contributed by atoms with E-state index in [4.69, 9.17) is 5.73 Å². The van der Waals surface area contributed by atoms with Crippen molar-refractivity contribution in [1.29, 1.82) is 0 Å². The standard InChI is InChI=1S/C15H21N3S/c1-15(2)8-7-10(16)13(9-15)19-14-17-11-5-3-4-6-12(11)18-14/h3-6,10,13H,7-9,16H2,1-2H3,(H,17,18). The van der Waals surface area contributed by atoms with E-state index in [-0.39, 0.29) is 6.04 Å². The molecule has 19 heavy (non-hydrogen) atoms. The highest BCUT2D eigenvalue weighted by atomic mass is 32.2. The Hall–Kier alpha value is -1.00. The van der Waals surface area contributed by atoms with Crippen LogP contribution in [0.2, 0.25) is 0 Å². The summed E-state index contributed by atoms with van der Waals surface area (Å²) in [6.45, 7) is 4.68. The number of aromatic nitrogens is 2. The predicted octanol–water partition coefficient (Wildman–Crippen LogP) is 3.56. The number of thioether (sulfide) groups is 1. The van der Waals surface area contributed by atoms with Crippen LogP contribution in [0.3, 0.4) is 0 Å². The number of fused-ring (bicyclic) bond motifs is 1. The molecule has 0 spiro atoms. The van der Waals surface area contributed by atoms with Crippen molar-refractivity contribution in [2.45, 2.75) is 49.6 Å². The van der Waals surface area contributed by atoms with Crippen molar-refractivity contribution in [2.75, 3.05) is 0 Å². The predicted molar refractivity (Wildman–Crippen MR) is 81.3 cm³/mol. The Balaban J connectivity index is 1.79. The van der Waals surface area contributed by atoms with E-state index >= 15 is 0 Å². The molecular weight excluding hydrogens is 254 g/mol. The molecule has 0 saturated heterocycles. The van der Waals surface area contributed by atoms with Crippen molar-refractivity contribution in [3.63, 3.8) is 0 Å². The Labute approximate surface area is 118 Å². The number of benzene rings is 1. The summed E-state index contributed by atoms with van der Waals surface area (Å²) in [5, 5.41) is 1.46. The normalized spacial score (nSPS) is 26.7. The van der Waals surface area contributed by atoms with Gasteiger partial charge in [0.2, 0.25) is 0 Å². The first-order chi connectivity index (χ1) is 9.03. The van der Waals surface area contributed by atoms with E-state index in [0.29, 0.717) is 10.7 Å². The number of nitrogens with two attached hydrogens (primary N) is 1. The molecule has 2 unspecified atom stereocenters. The average molecular weight is 275 g/mol. The zero-order chi connectivity index (χ0) is 13.5. The summed E-state index contributed by atoms with van der Waals surface area (Å²) in [4.78, 5) is 8.03. The van der Waals surface area contributed by atoms with E-state index in [1.165, 1.54) is 6.42 Å². The molecule has 3 nitrogen and oxygen atoms in total. The first-order valence-electron chi connectivity index (χ1n) is 6.90. The van der Waals surface area contributed by atoms with Gasteiger partial charge in [0.25, 0.3) is 0 Å². The highest BCUT2D eigenvalue weighted by Crippen LogP contribution is 2.41. The highest BCUT2D eigenvalue weighted by molar-refractivity contribution is 7.99. The zero-order valence-electron chi connectivity index (χ0n) is 11.5. The minimum absolute atomic E-state index is 0.284. The SMILES string of the molecule is CC1(C)CCC(N)C(Sc2nc3ccccc3[nH]2)C1. The molecule has 1 fully saturated rings. The molecule has 3 N–H and O–H groups in total. The third kappa shape index (κ3) is 2.79. The number of para-hydroxylation sites is 2. The fourth-order valence-electron chi connectivity index (χ4n) is 2.80. The summed E-state index contributed by atoms with van der Waals surface area (Å²) in [5.41, 5.74) is 8.82. The van der Waals surface area contributed by atoms with Gasteiger partial charge in [0.1, 0.15) is 0 Å². The summed E-state index contributed by atoms with van der Waals surface area (Å²) in [5.74, 6) is 0. The van der Waals surface area contributed by atoms with Crippen molar-refractivity contribution < 1.29 is 0 Å². The Kier molecular flexibility index (Phi) is 3.31. The summed E-state index contributed by atoms with van der Waals surface area (Å²) < 4.78 is 0. The fraction of sp³-hybridized carbons (Fsp3) is 0.533. The molecule has 1 heterocycles. The monoisotopic (exact) mass is 275 g/mol. The summed E-state index contributed by atoms with van der Waals surface area (Å²) in [6, 6.07) is 8.45. The van der Waals surface area contributed by atoms with Crippen molar-refractivity contribution >= 4 is 22.8 Å². The molecule has 1 saturated carbocycles. The highest BCUT2D eigenvalue weighted by Gasteiger charge is 2.34. The Morgan fingerprint density at radius 2 is 2.16 bits per heavy atom. The van der Waals surface area contributed by atoms with Crippen LogP contribution in [0.15, 0.2) is 29.4 Å². The lowest BCUT2D eigenvalue weighted by Gasteiger charge is -2.38. The van der Waals surface area contributed by atoms with Gasteiger partial charge in [-0.2, -0.15) is 0 Å². The van der Waals surface area contributed by atoms with Gasteiger partial charge in [-0.15, -0.1) is 0 Å². The van der Waals surface area contributed by atoms with Crippen LogP contribution in [0, 0.1) is 5.41 Å². The molecule has 0 amide bonds. The maximum absolute atomic E-state index is 6.28. The fourth-order valence-corrected chi connectivity index (χ4v) is 4.25. The first kappa shape index (κ1) is 13.0. The maximum Gasteiger partial charge on any atom is 0.166 e. The summed E-state index contributed by atoms with van der Waals surface area (Å²) in [7, 11) is 0. The number of hydrogen-bond acceptors (Lipinski definition) is 3. The first-order valence-corrected chi connectivity index (χ1v) is 7.78. The summed E-state index contributed by atoms with van der Waals surface area (Å²) >= 11 is 1.81. The van der Waals surface area contributed by atoms with E-state index in [9.17, 15) is 0 Å². The van der Waals surface area contributed by atoms with E-state index < -0.39 is 0 Å². The van der Waals surface area contributed by atoms with Crippen molar-refractivity contribution in [1.82, 2.24) is 9.97 Å². The van der Waals surface area contributed by atoms with Gasteiger partial charge in [-0.1, -0.05) is 37.7 Å². The van der Waals surface area contributed by atoms with Gasteiger partial charge in [0, 0.05) is 11.3 Å². The largest absolute Gasteiger partial charge is 0.333 e. The lowest BCUT2D eigenvalue weighted by molar-refractivity contribution is 0.232. The number of H-pyrrole nitrogens is 1. The number of rotatable bonds is 2. The van der Waals surface area contributed by atoms with Gasteiger partial charge in [0.15, 0.2) is 5.16 Å². The van der Waals surface area contributed by atoms with Gasteiger partial charge in [0.05, 0.1) is 11.0 Å². The molecule has 0 radical (unpaired) electrons. The van der Waals surface area contributed by atoms with E-state index in [0.717, 1.165) is 29.0 Å². The Bertz CT molecular complexity index is 543. The third-order valence-electron chi connectivity index (χ3n) is 4.02. The van der Waals surface area contributed by atoms with E-state index in [1.807, 2.05) is 30.0 Å². The van der Waals surface area contributed by atoms with Crippen LogP contribution < -0.4 is 5.73 Å². The van der Waals surface area contributed by atoms with Crippen molar-refractivity contribution in [2.24, 2.45) is 11.1 Å². The van der Waals surface area contributed by atoms with Gasteiger partial charge >= 0.3 is 0 Å². The molecule has 4 heteroatoms. The van der Waals surface area contributed by atoms with Crippen LogP contribution in [0.5, 0.6) is 0 Å². The second-order valence-corrected chi connectivity index (χ2v) is 7.51. The minimum atomic E-state index is 0.284. The van der Waals surface area contributed by atoms with E-state index in [1.54, 1.807) is 0 Å².